The first kappa shape index (κ1) is 30.7. The van der Waals surface area contributed by atoms with Gasteiger partial charge in [-0.1, -0.05) is 18.2 Å². The van der Waals surface area contributed by atoms with Gasteiger partial charge in [-0.25, -0.2) is 32.7 Å². The molecule has 3 N–H and O–H groups in total. The molecule has 3 aromatic rings. The third-order valence-electron chi connectivity index (χ3n) is 6.11. The normalized spacial score (nSPS) is 24.9. The van der Waals surface area contributed by atoms with Crippen molar-refractivity contribution < 1.29 is 46.2 Å². The van der Waals surface area contributed by atoms with Crippen molar-refractivity contribution in [3.05, 3.63) is 43.0 Å². The Kier molecular flexibility index (Phi) is 9.19. The van der Waals surface area contributed by atoms with Gasteiger partial charge in [-0.15, -0.1) is 0 Å². The second kappa shape index (κ2) is 12.3. The first-order valence-corrected chi connectivity index (χ1v) is 14.1. The number of aliphatic hydroxyl groups is 1. The highest BCUT2D eigenvalue weighted by atomic mass is 31.2. The molecule has 0 amide bonds. The Balaban J connectivity index is 1.60. The van der Waals surface area contributed by atoms with Gasteiger partial charge in [-0.05, 0) is 32.9 Å². The van der Waals surface area contributed by atoms with Gasteiger partial charge in [0, 0.05) is 7.05 Å². The van der Waals surface area contributed by atoms with Gasteiger partial charge in [-0.2, -0.15) is 5.09 Å². The van der Waals surface area contributed by atoms with Crippen molar-refractivity contribution >= 4 is 30.7 Å². The van der Waals surface area contributed by atoms with E-state index in [0.717, 1.165) is 17.2 Å². The molecular weight excluding hydrogens is 572 g/mol. The SMILES string of the molecule is CNc1ncnc2c1ncn2[C@@H]1O[C@H](COP(=O)(N[C@H](C)C(=O)OC(C)C)Oc2ccccc2)[C@@H](O)[C@]1(F)C(F)F. The zero-order valence-electron chi connectivity index (χ0n) is 22.5. The van der Waals surface area contributed by atoms with Crippen LogP contribution in [0.4, 0.5) is 19.0 Å². The van der Waals surface area contributed by atoms with Crippen molar-refractivity contribution in [1.82, 2.24) is 24.6 Å². The second-order valence-corrected chi connectivity index (χ2v) is 11.1. The van der Waals surface area contributed by atoms with Gasteiger partial charge < -0.3 is 24.4 Å². The average Bonchev–Trinajstić information content (AvgIpc) is 3.46. The van der Waals surface area contributed by atoms with Crippen LogP contribution in [0.2, 0.25) is 0 Å². The molecule has 1 aliphatic heterocycles. The first-order valence-electron chi connectivity index (χ1n) is 12.5. The molecule has 1 fully saturated rings. The van der Waals surface area contributed by atoms with E-state index in [0.29, 0.717) is 0 Å². The third kappa shape index (κ3) is 6.31. The Morgan fingerprint density at radius 2 is 1.93 bits per heavy atom. The third-order valence-corrected chi connectivity index (χ3v) is 7.75. The van der Waals surface area contributed by atoms with Gasteiger partial charge in [0.15, 0.2) is 17.7 Å². The number of nitrogens with zero attached hydrogens (tertiary/aromatic N) is 4. The van der Waals surface area contributed by atoms with Crippen LogP contribution in [0.3, 0.4) is 0 Å². The topological polar surface area (TPSA) is 159 Å². The highest BCUT2D eigenvalue weighted by molar-refractivity contribution is 7.52. The van der Waals surface area contributed by atoms with E-state index in [4.69, 9.17) is 18.5 Å². The summed E-state index contributed by atoms with van der Waals surface area (Å²) in [4.78, 5) is 24.4. The van der Waals surface area contributed by atoms with E-state index < -0.39 is 63.0 Å². The highest BCUT2D eigenvalue weighted by Crippen LogP contribution is 2.49. The predicted molar refractivity (Wildman–Crippen MR) is 139 cm³/mol. The fourth-order valence-electron chi connectivity index (χ4n) is 4.13. The Bertz CT molecular complexity index is 1400. The molecule has 1 saturated heterocycles. The molecule has 4 rings (SSSR count). The number of esters is 1. The lowest BCUT2D eigenvalue weighted by Gasteiger charge is -2.28. The first-order chi connectivity index (χ1) is 19.4. The van der Waals surface area contributed by atoms with Crippen LogP contribution in [0.25, 0.3) is 11.2 Å². The van der Waals surface area contributed by atoms with Crippen LogP contribution in [0.5, 0.6) is 5.75 Å². The molecule has 1 aliphatic rings. The summed E-state index contributed by atoms with van der Waals surface area (Å²) in [5, 5.41) is 15.9. The molecule has 13 nitrogen and oxygen atoms in total. The standard InChI is InChI=1S/C24H30F3N6O7P/c1-13(2)38-21(35)14(3)32-41(36,40-15-8-6-5-7-9-15)37-10-16-18(34)24(27,22(25)26)23(39-16)33-12-31-17-19(28-4)29-11-30-20(17)33/h5-9,11-14,16,18,22-23,34H,10H2,1-4H3,(H,32,36)(H,28,29,30)/t14-,16-,18-,23-,24+,41?/m1/s1. The summed E-state index contributed by atoms with van der Waals surface area (Å²) in [6.45, 7) is 3.72. The van der Waals surface area contributed by atoms with E-state index in [1.54, 1.807) is 39.1 Å². The van der Waals surface area contributed by atoms with E-state index in [1.807, 2.05) is 0 Å². The molecule has 17 heteroatoms. The van der Waals surface area contributed by atoms with E-state index in [9.17, 15) is 23.2 Å². The van der Waals surface area contributed by atoms with Gasteiger partial charge in [0.05, 0.1) is 19.0 Å². The fraction of sp³-hybridized carbons (Fsp3) is 0.500. The largest absolute Gasteiger partial charge is 0.462 e. The summed E-state index contributed by atoms with van der Waals surface area (Å²) in [7, 11) is -2.92. The number of aromatic nitrogens is 4. The van der Waals surface area contributed by atoms with Crippen LogP contribution >= 0.6 is 7.75 Å². The molecule has 41 heavy (non-hydrogen) atoms. The predicted octanol–water partition coefficient (Wildman–Crippen LogP) is 3.23. The summed E-state index contributed by atoms with van der Waals surface area (Å²) in [6, 6.07) is 6.56. The van der Waals surface area contributed by atoms with E-state index in [-0.39, 0.29) is 22.7 Å². The number of aliphatic hydroxyl groups excluding tert-OH is 1. The molecule has 0 spiro atoms. The number of carbonyl (C=O) groups is 1. The van der Waals surface area contributed by atoms with Gasteiger partial charge in [0.2, 0.25) is 5.67 Å². The maximum absolute atomic E-state index is 16.0. The van der Waals surface area contributed by atoms with Crippen molar-refractivity contribution in [2.45, 2.75) is 63.4 Å². The summed E-state index contributed by atoms with van der Waals surface area (Å²) < 4.78 is 80.5. The molecule has 6 atom stereocenters. The molecule has 0 saturated carbocycles. The van der Waals surface area contributed by atoms with Crippen LogP contribution < -0.4 is 14.9 Å². The fourth-order valence-corrected chi connectivity index (χ4v) is 5.64. The number of para-hydroxylation sites is 1. The number of hydrogen-bond donors (Lipinski definition) is 3. The summed E-state index contributed by atoms with van der Waals surface area (Å²) in [5.74, 6) is -0.437. The van der Waals surface area contributed by atoms with Gasteiger partial charge in [0.25, 0.3) is 6.43 Å². The van der Waals surface area contributed by atoms with Gasteiger partial charge in [-0.3, -0.25) is 13.9 Å². The highest BCUT2D eigenvalue weighted by Gasteiger charge is 2.64. The van der Waals surface area contributed by atoms with Crippen molar-refractivity contribution in [2.75, 3.05) is 19.0 Å². The number of fused-ring (bicyclic) bond motifs is 1. The molecule has 224 valence electrons. The van der Waals surface area contributed by atoms with Crippen LogP contribution in [0.15, 0.2) is 43.0 Å². The minimum Gasteiger partial charge on any atom is -0.462 e. The van der Waals surface area contributed by atoms with Crippen LogP contribution in [0, 0.1) is 0 Å². The monoisotopic (exact) mass is 602 g/mol. The smallest absolute Gasteiger partial charge is 0.459 e. The van der Waals surface area contributed by atoms with E-state index in [2.05, 4.69) is 25.4 Å². The Morgan fingerprint density at radius 3 is 2.56 bits per heavy atom. The van der Waals surface area contributed by atoms with Crippen molar-refractivity contribution in [1.29, 1.82) is 0 Å². The molecular formula is C24H30F3N6O7P. The molecule has 2 aromatic heterocycles. The van der Waals surface area contributed by atoms with Crippen LogP contribution in [-0.4, -0.2) is 80.7 Å². The number of rotatable bonds is 12. The van der Waals surface area contributed by atoms with Crippen molar-refractivity contribution in [3.63, 3.8) is 0 Å². The Hall–Kier alpha value is -3.30. The number of anilines is 1. The lowest BCUT2D eigenvalue weighted by Crippen LogP contribution is -2.49. The van der Waals surface area contributed by atoms with Gasteiger partial charge in [0.1, 0.15) is 35.8 Å². The summed E-state index contributed by atoms with van der Waals surface area (Å²) >= 11 is 0. The number of benzene rings is 1. The number of ether oxygens (including phenoxy) is 2. The number of hydrogen-bond acceptors (Lipinski definition) is 11. The number of alkyl halides is 3. The Labute approximate surface area is 233 Å². The molecule has 0 radical (unpaired) electrons. The number of halogens is 3. The maximum Gasteiger partial charge on any atom is 0.459 e. The zero-order chi connectivity index (χ0) is 29.9. The van der Waals surface area contributed by atoms with Gasteiger partial charge >= 0.3 is 13.7 Å². The molecule has 0 aliphatic carbocycles. The van der Waals surface area contributed by atoms with E-state index in [1.165, 1.54) is 19.1 Å². The maximum atomic E-state index is 16.0. The zero-order valence-corrected chi connectivity index (χ0v) is 23.4. The second-order valence-electron chi connectivity index (χ2n) is 9.43. The average molecular weight is 603 g/mol. The summed E-state index contributed by atoms with van der Waals surface area (Å²) in [6.07, 6.45) is -8.33. The van der Waals surface area contributed by atoms with Crippen molar-refractivity contribution in [3.8, 4) is 5.75 Å². The molecule has 3 heterocycles. The minimum atomic E-state index is -4.47. The number of nitrogens with one attached hydrogen (secondary N) is 2. The molecule has 1 unspecified atom stereocenters. The Morgan fingerprint density at radius 1 is 1.22 bits per heavy atom. The van der Waals surface area contributed by atoms with Crippen LogP contribution in [-0.2, 0) is 23.4 Å². The summed E-state index contributed by atoms with van der Waals surface area (Å²) in [5.41, 5.74) is -3.53. The number of carbonyl (C=O) groups excluding carboxylic acids is 1. The lowest BCUT2D eigenvalue weighted by atomic mass is 9.96. The molecule has 1 aromatic carbocycles. The van der Waals surface area contributed by atoms with E-state index >= 15 is 4.39 Å². The minimum absolute atomic E-state index is 0.0389. The molecule has 0 bridgehead atoms. The van der Waals surface area contributed by atoms with Crippen LogP contribution in [0.1, 0.15) is 27.0 Å². The van der Waals surface area contributed by atoms with Crippen molar-refractivity contribution in [2.24, 2.45) is 0 Å². The number of imidazole rings is 1. The quantitative estimate of drug-likeness (QED) is 0.206. The lowest BCUT2D eigenvalue weighted by molar-refractivity contribution is -0.149.